The van der Waals surface area contributed by atoms with Crippen LogP contribution in [0, 0.1) is 6.92 Å². The number of benzene rings is 3. The number of rotatable bonds is 7. The van der Waals surface area contributed by atoms with Crippen molar-refractivity contribution in [1.82, 2.24) is 9.55 Å². The van der Waals surface area contributed by atoms with Crippen LogP contribution in [0.5, 0.6) is 5.75 Å². The molecule has 0 aliphatic carbocycles. The zero-order chi connectivity index (χ0) is 22.7. The van der Waals surface area contributed by atoms with E-state index in [1.54, 1.807) is 4.57 Å². The van der Waals surface area contributed by atoms with Gasteiger partial charge in [0, 0.05) is 17.1 Å². The highest BCUT2D eigenvalue weighted by molar-refractivity contribution is 6.30. The molecule has 5 heteroatoms. The lowest BCUT2D eigenvalue weighted by Crippen LogP contribution is -2.24. The summed E-state index contributed by atoms with van der Waals surface area (Å²) in [5.74, 6) is 1.94. The van der Waals surface area contributed by atoms with E-state index in [2.05, 4.69) is 39.0 Å². The summed E-state index contributed by atoms with van der Waals surface area (Å²) in [5, 5.41) is 1.27. The van der Waals surface area contributed by atoms with Gasteiger partial charge < -0.3 is 4.74 Å². The molecule has 0 fully saturated rings. The van der Waals surface area contributed by atoms with E-state index in [1.807, 2.05) is 48.5 Å². The fourth-order valence-electron chi connectivity index (χ4n) is 3.84. The lowest BCUT2D eigenvalue weighted by molar-refractivity contribution is 0.297. The van der Waals surface area contributed by atoms with Crippen LogP contribution in [0.15, 0.2) is 71.5 Å². The maximum absolute atomic E-state index is 13.3. The molecule has 0 N–H and O–H groups in total. The predicted octanol–water partition coefficient (Wildman–Crippen LogP) is 6.62. The molecule has 0 saturated carbocycles. The normalized spacial score (nSPS) is 11.3. The quantitative estimate of drug-likeness (QED) is 0.300. The van der Waals surface area contributed by atoms with E-state index in [0.29, 0.717) is 47.2 Å². The Morgan fingerprint density at radius 2 is 1.78 bits per heavy atom. The van der Waals surface area contributed by atoms with Crippen molar-refractivity contribution in [2.75, 3.05) is 6.61 Å². The van der Waals surface area contributed by atoms with Crippen molar-refractivity contribution in [3.63, 3.8) is 0 Å². The number of nitrogens with zero attached hydrogens (tertiary/aromatic N) is 2. The summed E-state index contributed by atoms with van der Waals surface area (Å²) in [6.45, 7) is 7.42. The molecular weight excluding hydrogens is 420 g/mol. The lowest BCUT2D eigenvalue weighted by Gasteiger charge is -2.16. The van der Waals surface area contributed by atoms with Crippen LogP contribution in [0.1, 0.15) is 37.3 Å². The molecule has 0 aliphatic heterocycles. The molecule has 4 aromatic rings. The number of fused-ring (bicyclic) bond motifs is 1. The predicted molar refractivity (Wildman–Crippen MR) is 132 cm³/mol. The SMILES string of the molecule is Cc1ccc(C(C)C)c(OCCCn2c(-c3ccc(Cl)cc3)nc3ccccc3c2=O)c1. The number of ether oxygens (including phenoxy) is 1. The van der Waals surface area contributed by atoms with Crippen LogP contribution >= 0.6 is 11.6 Å². The maximum Gasteiger partial charge on any atom is 0.261 e. The standard InChI is InChI=1S/C27H27ClN2O2/c1-18(2)22-14-9-19(3)17-25(22)32-16-6-15-30-26(20-10-12-21(28)13-11-20)29-24-8-5-4-7-23(24)27(30)31/h4-5,7-14,17-18H,6,15-16H2,1-3H3. The van der Waals surface area contributed by atoms with Gasteiger partial charge in [-0.15, -0.1) is 0 Å². The summed E-state index contributed by atoms with van der Waals surface area (Å²) >= 11 is 6.07. The van der Waals surface area contributed by atoms with Gasteiger partial charge in [0.25, 0.3) is 5.56 Å². The molecule has 0 unspecified atom stereocenters. The van der Waals surface area contributed by atoms with Gasteiger partial charge in [-0.1, -0.05) is 49.7 Å². The molecular formula is C27H27ClN2O2. The van der Waals surface area contributed by atoms with Gasteiger partial charge in [0.15, 0.2) is 0 Å². The van der Waals surface area contributed by atoms with Crippen LogP contribution in [0.25, 0.3) is 22.3 Å². The Morgan fingerprint density at radius 1 is 1.03 bits per heavy atom. The molecule has 1 heterocycles. The molecule has 0 aliphatic rings. The molecule has 0 atom stereocenters. The fourth-order valence-corrected chi connectivity index (χ4v) is 3.97. The first-order valence-corrected chi connectivity index (χ1v) is 11.3. The Hall–Kier alpha value is -3.11. The van der Waals surface area contributed by atoms with Crippen LogP contribution in [-0.2, 0) is 6.54 Å². The number of hydrogen-bond donors (Lipinski definition) is 0. The third-order valence-corrected chi connectivity index (χ3v) is 5.79. The highest BCUT2D eigenvalue weighted by Gasteiger charge is 2.13. The first-order valence-electron chi connectivity index (χ1n) is 10.9. The van der Waals surface area contributed by atoms with Gasteiger partial charge in [0.1, 0.15) is 11.6 Å². The third-order valence-electron chi connectivity index (χ3n) is 5.54. The van der Waals surface area contributed by atoms with Crippen molar-refractivity contribution >= 4 is 22.5 Å². The minimum absolute atomic E-state index is 0.0426. The van der Waals surface area contributed by atoms with E-state index in [4.69, 9.17) is 21.3 Å². The minimum Gasteiger partial charge on any atom is -0.493 e. The van der Waals surface area contributed by atoms with Crippen molar-refractivity contribution in [1.29, 1.82) is 0 Å². The van der Waals surface area contributed by atoms with E-state index in [1.165, 1.54) is 11.1 Å². The van der Waals surface area contributed by atoms with Crippen molar-refractivity contribution in [2.45, 2.75) is 39.7 Å². The van der Waals surface area contributed by atoms with Crippen molar-refractivity contribution < 1.29 is 4.74 Å². The number of para-hydroxylation sites is 1. The van der Waals surface area contributed by atoms with Gasteiger partial charge in [-0.25, -0.2) is 4.98 Å². The van der Waals surface area contributed by atoms with E-state index in [0.717, 1.165) is 11.3 Å². The second-order valence-electron chi connectivity index (χ2n) is 8.31. The number of aromatic nitrogens is 2. The van der Waals surface area contributed by atoms with Gasteiger partial charge in [-0.3, -0.25) is 9.36 Å². The highest BCUT2D eigenvalue weighted by atomic mass is 35.5. The first kappa shape index (κ1) is 22.1. The van der Waals surface area contributed by atoms with Crippen LogP contribution in [-0.4, -0.2) is 16.2 Å². The molecule has 0 saturated heterocycles. The van der Waals surface area contributed by atoms with Gasteiger partial charge in [0.05, 0.1) is 17.5 Å². The van der Waals surface area contributed by atoms with Crippen molar-refractivity contribution in [2.24, 2.45) is 0 Å². The summed E-state index contributed by atoms with van der Waals surface area (Å²) in [4.78, 5) is 18.1. The van der Waals surface area contributed by atoms with E-state index in [9.17, 15) is 4.79 Å². The molecule has 164 valence electrons. The van der Waals surface area contributed by atoms with Crippen LogP contribution in [0.3, 0.4) is 0 Å². The Morgan fingerprint density at radius 3 is 2.53 bits per heavy atom. The van der Waals surface area contributed by atoms with E-state index >= 15 is 0 Å². The topological polar surface area (TPSA) is 44.1 Å². The van der Waals surface area contributed by atoms with Crippen LogP contribution < -0.4 is 10.3 Å². The zero-order valence-corrected chi connectivity index (χ0v) is 19.4. The summed E-state index contributed by atoms with van der Waals surface area (Å²) in [6.07, 6.45) is 0.687. The average molecular weight is 447 g/mol. The monoisotopic (exact) mass is 446 g/mol. The molecule has 0 bridgehead atoms. The van der Waals surface area contributed by atoms with E-state index in [-0.39, 0.29) is 5.56 Å². The Labute approximate surface area is 193 Å². The van der Waals surface area contributed by atoms with Crippen molar-refractivity contribution in [3.8, 4) is 17.1 Å². The Balaban J connectivity index is 1.61. The Bertz CT molecular complexity index is 1290. The maximum atomic E-state index is 13.3. The summed E-state index contributed by atoms with van der Waals surface area (Å²) < 4.78 is 7.88. The second-order valence-corrected chi connectivity index (χ2v) is 8.75. The van der Waals surface area contributed by atoms with Gasteiger partial charge in [-0.05, 0) is 72.9 Å². The van der Waals surface area contributed by atoms with Gasteiger partial charge >= 0.3 is 0 Å². The highest BCUT2D eigenvalue weighted by Crippen LogP contribution is 2.28. The fraction of sp³-hybridized carbons (Fsp3) is 0.259. The van der Waals surface area contributed by atoms with Crippen molar-refractivity contribution in [3.05, 3.63) is 93.2 Å². The first-order chi connectivity index (χ1) is 15.4. The van der Waals surface area contributed by atoms with Crippen LogP contribution in [0.4, 0.5) is 0 Å². The lowest BCUT2D eigenvalue weighted by atomic mass is 10.0. The molecule has 0 amide bonds. The third kappa shape index (κ3) is 4.71. The summed E-state index contributed by atoms with van der Waals surface area (Å²) in [5.41, 5.74) is 3.88. The summed E-state index contributed by atoms with van der Waals surface area (Å²) in [7, 11) is 0. The zero-order valence-electron chi connectivity index (χ0n) is 18.6. The molecule has 1 aromatic heterocycles. The molecule has 32 heavy (non-hydrogen) atoms. The number of hydrogen-bond acceptors (Lipinski definition) is 3. The van der Waals surface area contributed by atoms with Crippen LogP contribution in [0.2, 0.25) is 5.02 Å². The molecule has 3 aromatic carbocycles. The van der Waals surface area contributed by atoms with Gasteiger partial charge in [0.2, 0.25) is 0 Å². The largest absolute Gasteiger partial charge is 0.493 e. The average Bonchev–Trinajstić information content (AvgIpc) is 2.78. The van der Waals surface area contributed by atoms with Gasteiger partial charge in [-0.2, -0.15) is 0 Å². The smallest absolute Gasteiger partial charge is 0.261 e. The molecule has 4 rings (SSSR count). The number of aryl methyl sites for hydroxylation is 1. The van der Waals surface area contributed by atoms with E-state index < -0.39 is 0 Å². The minimum atomic E-state index is -0.0426. The Kier molecular flexibility index (Phi) is 6.61. The molecule has 0 spiro atoms. The number of halogens is 1. The molecule has 0 radical (unpaired) electrons. The second kappa shape index (κ2) is 9.58. The molecule has 4 nitrogen and oxygen atoms in total. The summed E-state index contributed by atoms with van der Waals surface area (Å²) in [6, 6.07) is 21.2.